The normalized spacial score (nSPS) is 14.4. The molecule has 1 fully saturated rings. The minimum Gasteiger partial charge on any atom is -0.494 e. The number of methoxy groups -OCH3 is 1. The van der Waals surface area contributed by atoms with Gasteiger partial charge < -0.3 is 14.5 Å². The number of thiazole rings is 1. The summed E-state index contributed by atoms with van der Waals surface area (Å²) < 4.78 is 6.65. The third-order valence-corrected chi connectivity index (χ3v) is 7.32. The first-order valence-corrected chi connectivity index (χ1v) is 11.7. The number of aromatic nitrogens is 1. The molecule has 1 aliphatic rings. The Bertz CT molecular complexity index is 1010. The van der Waals surface area contributed by atoms with Gasteiger partial charge in [0.1, 0.15) is 11.3 Å². The van der Waals surface area contributed by atoms with Crippen LogP contribution in [-0.4, -0.2) is 55.3 Å². The number of fused-ring (bicyclic) bond motifs is 1. The van der Waals surface area contributed by atoms with Gasteiger partial charge in [-0.15, -0.1) is 11.8 Å². The second-order valence-corrected chi connectivity index (χ2v) is 9.01. The molecule has 0 N–H and O–H groups in total. The quantitative estimate of drug-likeness (QED) is 0.571. The summed E-state index contributed by atoms with van der Waals surface area (Å²) in [7, 11) is 1.68. The van der Waals surface area contributed by atoms with Gasteiger partial charge in [-0.2, -0.15) is 0 Å². The topological polar surface area (TPSA) is 45.7 Å². The molecule has 3 aromatic rings. The molecule has 0 aliphatic carbocycles. The van der Waals surface area contributed by atoms with E-state index in [9.17, 15) is 4.79 Å². The Morgan fingerprint density at radius 1 is 1.14 bits per heavy atom. The van der Waals surface area contributed by atoms with Crippen molar-refractivity contribution in [3.05, 3.63) is 47.5 Å². The van der Waals surface area contributed by atoms with E-state index in [0.29, 0.717) is 6.42 Å². The predicted molar refractivity (Wildman–Crippen MR) is 122 cm³/mol. The second kappa shape index (κ2) is 8.63. The van der Waals surface area contributed by atoms with E-state index in [0.717, 1.165) is 48.1 Å². The number of thioether (sulfide) groups is 1. The lowest BCUT2D eigenvalue weighted by molar-refractivity contribution is -0.130. The zero-order valence-electron chi connectivity index (χ0n) is 17.0. The van der Waals surface area contributed by atoms with E-state index in [1.54, 1.807) is 30.2 Å². The van der Waals surface area contributed by atoms with E-state index in [2.05, 4.69) is 48.4 Å². The van der Waals surface area contributed by atoms with Crippen molar-refractivity contribution in [2.24, 2.45) is 0 Å². The summed E-state index contributed by atoms with van der Waals surface area (Å²) in [4.78, 5) is 23.0. The molecule has 152 valence electrons. The van der Waals surface area contributed by atoms with Crippen LogP contribution >= 0.6 is 23.1 Å². The Kier molecular flexibility index (Phi) is 5.96. The molecule has 1 aromatic heterocycles. The fraction of sp³-hybridized carbons (Fsp3) is 0.364. The van der Waals surface area contributed by atoms with Crippen molar-refractivity contribution in [2.45, 2.75) is 18.2 Å². The van der Waals surface area contributed by atoms with Crippen molar-refractivity contribution in [1.82, 2.24) is 9.88 Å². The fourth-order valence-corrected chi connectivity index (χ4v) is 5.09. The number of carbonyl (C=O) groups excluding carboxylic acids is 1. The van der Waals surface area contributed by atoms with Crippen LogP contribution in [0.1, 0.15) is 11.1 Å². The van der Waals surface area contributed by atoms with Gasteiger partial charge in [0.15, 0.2) is 5.13 Å². The Morgan fingerprint density at radius 2 is 1.86 bits per heavy atom. The summed E-state index contributed by atoms with van der Waals surface area (Å²) in [5.41, 5.74) is 3.22. The number of anilines is 1. The molecular formula is C22H25N3O2S2. The first-order valence-electron chi connectivity index (χ1n) is 9.69. The number of rotatable bonds is 5. The van der Waals surface area contributed by atoms with Gasteiger partial charge >= 0.3 is 0 Å². The highest BCUT2D eigenvalue weighted by Crippen LogP contribution is 2.36. The zero-order chi connectivity index (χ0) is 20.4. The first-order chi connectivity index (χ1) is 14.1. The van der Waals surface area contributed by atoms with Gasteiger partial charge in [-0.05, 0) is 42.5 Å². The van der Waals surface area contributed by atoms with Crippen LogP contribution in [0.5, 0.6) is 5.75 Å². The Labute approximate surface area is 179 Å². The molecule has 0 radical (unpaired) electrons. The number of ether oxygens (including phenoxy) is 1. The van der Waals surface area contributed by atoms with Gasteiger partial charge in [0, 0.05) is 31.1 Å². The Balaban J connectivity index is 1.40. The van der Waals surface area contributed by atoms with Crippen molar-refractivity contribution in [1.29, 1.82) is 0 Å². The van der Waals surface area contributed by atoms with Crippen LogP contribution < -0.4 is 9.64 Å². The molecule has 0 bridgehead atoms. The van der Waals surface area contributed by atoms with E-state index >= 15 is 0 Å². The highest BCUT2D eigenvalue weighted by molar-refractivity contribution is 7.98. The monoisotopic (exact) mass is 427 g/mol. The number of benzene rings is 2. The molecule has 0 saturated carbocycles. The molecule has 0 spiro atoms. The number of aryl methyl sites for hydroxylation is 1. The molecule has 1 aliphatic heterocycles. The number of hydrogen-bond donors (Lipinski definition) is 0. The minimum absolute atomic E-state index is 0.198. The Hall–Kier alpha value is -2.25. The minimum atomic E-state index is 0.198. The molecule has 4 rings (SSSR count). The van der Waals surface area contributed by atoms with Crippen LogP contribution in [0.25, 0.3) is 10.2 Å². The standard InChI is InChI=1S/C22H25N3O2S2/c1-15-4-9-18(27-2)20-21(15)29-22(23-20)25-12-10-24(11-13-25)19(26)14-16-5-7-17(28-3)8-6-16/h4-9H,10-14H2,1-3H3. The van der Waals surface area contributed by atoms with Gasteiger partial charge in [-0.3, -0.25) is 4.79 Å². The van der Waals surface area contributed by atoms with Crippen LogP contribution in [0.2, 0.25) is 0 Å². The van der Waals surface area contributed by atoms with Crippen molar-refractivity contribution in [2.75, 3.05) is 44.4 Å². The summed E-state index contributed by atoms with van der Waals surface area (Å²) in [6.07, 6.45) is 2.52. The fourth-order valence-electron chi connectivity index (χ4n) is 3.58. The number of piperazine rings is 1. The molecular weight excluding hydrogens is 402 g/mol. The van der Waals surface area contributed by atoms with Gasteiger partial charge in [-0.25, -0.2) is 4.98 Å². The lowest BCUT2D eigenvalue weighted by atomic mass is 10.1. The third-order valence-electron chi connectivity index (χ3n) is 5.33. The average molecular weight is 428 g/mol. The second-order valence-electron chi connectivity index (χ2n) is 7.15. The summed E-state index contributed by atoms with van der Waals surface area (Å²) in [6, 6.07) is 12.3. The van der Waals surface area contributed by atoms with Crippen molar-refractivity contribution < 1.29 is 9.53 Å². The molecule has 29 heavy (non-hydrogen) atoms. The molecule has 0 unspecified atom stereocenters. The van der Waals surface area contributed by atoms with E-state index in [-0.39, 0.29) is 5.91 Å². The number of amides is 1. The molecule has 1 saturated heterocycles. The van der Waals surface area contributed by atoms with E-state index in [4.69, 9.17) is 9.72 Å². The van der Waals surface area contributed by atoms with Crippen molar-refractivity contribution >= 4 is 44.4 Å². The lowest BCUT2D eigenvalue weighted by Gasteiger charge is -2.34. The number of nitrogens with zero attached hydrogens (tertiary/aromatic N) is 3. The largest absolute Gasteiger partial charge is 0.494 e. The van der Waals surface area contributed by atoms with Gasteiger partial charge in [0.05, 0.1) is 18.2 Å². The number of hydrogen-bond acceptors (Lipinski definition) is 6. The predicted octanol–water partition coefficient (Wildman–Crippen LogP) is 4.23. The maximum Gasteiger partial charge on any atom is 0.227 e. The van der Waals surface area contributed by atoms with Crippen LogP contribution in [0, 0.1) is 6.92 Å². The van der Waals surface area contributed by atoms with E-state index in [1.807, 2.05) is 11.0 Å². The van der Waals surface area contributed by atoms with Crippen molar-refractivity contribution in [3.8, 4) is 5.75 Å². The highest BCUT2D eigenvalue weighted by Gasteiger charge is 2.24. The zero-order valence-corrected chi connectivity index (χ0v) is 18.6. The van der Waals surface area contributed by atoms with Crippen LogP contribution in [0.15, 0.2) is 41.3 Å². The lowest BCUT2D eigenvalue weighted by Crippen LogP contribution is -2.49. The van der Waals surface area contributed by atoms with Crippen LogP contribution in [-0.2, 0) is 11.2 Å². The summed E-state index contributed by atoms with van der Waals surface area (Å²) >= 11 is 3.42. The van der Waals surface area contributed by atoms with Gasteiger partial charge in [0.2, 0.25) is 5.91 Å². The van der Waals surface area contributed by atoms with Gasteiger partial charge in [0.25, 0.3) is 0 Å². The van der Waals surface area contributed by atoms with Crippen LogP contribution in [0.4, 0.5) is 5.13 Å². The summed E-state index contributed by atoms with van der Waals surface area (Å²) in [5.74, 6) is 1.01. The summed E-state index contributed by atoms with van der Waals surface area (Å²) in [5, 5.41) is 1.01. The SMILES string of the molecule is COc1ccc(C)c2sc(N3CCN(C(=O)Cc4ccc(SC)cc4)CC3)nc12. The molecule has 0 atom stereocenters. The highest BCUT2D eigenvalue weighted by atomic mass is 32.2. The van der Waals surface area contributed by atoms with Crippen molar-refractivity contribution in [3.63, 3.8) is 0 Å². The maximum absolute atomic E-state index is 12.7. The molecule has 2 aromatic carbocycles. The van der Waals surface area contributed by atoms with Gasteiger partial charge in [-0.1, -0.05) is 29.5 Å². The molecule has 7 heteroatoms. The summed E-state index contributed by atoms with van der Waals surface area (Å²) in [6.45, 7) is 5.17. The third kappa shape index (κ3) is 4.21. The molecule has 2 heterocycles. The van der Waals surface area contributed by atoms with Crippen LogP contribution in [0.3, 0.4) is 0 Å². The maximum atomic E-state index is 12.7. The molecule has 5 nitrogen and oxygen atoms in total. The average Bonchev–Trinajstić information content (AvgIpc) is 3.21. The van der Waals surface area contributed by atoms with E-state index in [1.165, 1.54) is 15.2 Å². The van der Waals surface area contributed by atoms with E-state index < -0.39 is 0 Å². The number of carbonyl (C=O) groups is 1. The first kappa shape index (κ1) is 20.0. The smallest absolute Gasteiger partial charge is 0.227 e. The Morgan fingerprint density at radius 3 is 2.52 bits per heavy atom. The molecule has 1 amide bonds.